The van der Waals surface area contributed by atoms with Crippen LogP contribution in [0.2, 0.25) is 0 Å². The van der Waals surface area contributed by atoms with E-state index in [4.69, 9.17) is 0 Å². The smallest absolute Gasteiger partial charge is 0.272 e. The summed E-state index contributed by atoms with van der Waals surface area (Å²) < 4.78 is 1.68. The molecular weight excluding hydrogens is 334 g/mol. The molecule has 0 unspecified atom stereocenters. The van der Waals surface area contributed by atoms with E-state index in [2.05, 4.69) is 48.4 Å². The molecule has 4 nitrogen and oxygen atoms in total. The maximum atomic E-state index is 13.2. The molecular formula is C23H27N3O. The Morgan fingerprint density at radius 1 is 1.04 bits per heavy atom. The number of hydrogen-bond acceptors (Lipinski definition) is 2. The first-order valence-corrected chi connectivity index (χ1v) is 9.43. The molecule has 1 heterocycles. The van der Waals surface area contributed by atoms with Gasteiger partial charge in [-0.2, -0.15) is 5.10 Å². The number of nitrogens with zero attached hydrogens (tertiary/aromatic N) is 3. The van der Waals surface area contributed by atoms with E-state index >= 15 is 0 Å². The Balaban J connectivity index is 1.76. The van der Waals surface area contributed by atoms with Crippen molar-refractivity contribution in [3.8, 4) is 0 Å². The third kappa shape index (κ3) is 4.85. The molecule has 0 N–H and O–H groups in total. The van der Waals surface area contributed by atoms with E-state index in [1.807, 2.05) is 43.1 Å². The zero-order valence-electron chi connectivity index (χ0n) is 16.4. The summed E-state index contributed by atoms with van der Waals surface area (Å²) in [5.41, 5.74) is 5.20. The molecule has 0 saturated heterocycles. The second kappa shape index (κ2) is 8.67. The van der Waals surface area contributed by atoms with Gasteiger partial charge < -0.3 is 4.90 Å². The number of carbonyl (C=O) groups is 1. The summed E-state index contributed by atoms with van der Waals surface area (Å²) in [7, 11) is 1.83. The summed E-state index contributed by atoms with van der Waals surface area (Å²) in [6, 6.07) is 20.5. The summed E-state index contributed by atoms with van der Waals surface area (Å²) in [5.74, 6) is 0.0365. The van der Waals surface area contributed by atoms with Crippen LogP contribution in [-0.2, 0) is 20.0 Å². The minimum Gasteiger partial charge on any atom is -0.333 e. The van der Waals surface area contributed by atoms with Crippen molar-refractivity contribution in [2.24, 2.45) is 7.05 Å². The lowest BCUT2D eigenvalue weighted by Crippen LogP contribution is -2.33. The van der Waals surface area contributed by atoms with Gasteiger partial charge in [-0.25, -0.2) is 0 Å². The molecule has 0 spiro atoms. The van der Waals surface area contributed by atoms with Crippen LogP contribution in [0, 0.1) is 13.8 Å². The SMILES string of the molecule is Cc1cc(C(=O)N(CCCc2ccccc2)Cc2ccccc2C)n(C)n1. The van der Waals surface area contributed by atoms with Gasteiger partial charge in [0.25, 0.3) is 5.91 Å². The van der Waals surface area contributed by atoms with Crippen molar-refractivity contribution in [3.63, 3.8) is 0 Å². The highest BCUT2D eigenvalue weighted by molar-refractivity contribution is 5.92. The van der Waals surface area contributed by atoms with Crippen LogP contribution in [0.15, 0.2) is 60.7 Å². The average Bonchev–Trinajstić information content (AvgIpc) is 3.01. The normalized spacial score (nSPS) is 10.8. The lowest BCUT2D eigenvalue weighted by Gasteiger charge is -2.24. The molecule has 1 amide bonds. The van der Waals surface area contributed by atoms with Crippen LogP contribution in [0.4, 0.5) is 0 Å². The average molecular weight is 361 g/mol. The van der Waals surface area contributed by atoms with Crippen molar-refractivity contribution in [2.75, 3.05) is 6.54 Å². The monoisotopic (exact) mass is 361 g/mol. The number of amides is 1. The molecule has 0 aliphatic heterocycles. The van der Waals surface area contributed by atoms with E-state index in [0.717, 1.165) is 18.5 Å². The molecule has 0 saturated carbocycles. The predicted molar refractivity (Wildman–Crippen MR) is 109 cm³/mol. The zero-order chi connectivity index (χ0) is 19.2. The summed E-state index contributed by atoms with van der Waals surface area (Å²) >= 11 is 0. The highest BCUT2D eigenvalue weighted by Gasteiger charge is 2.20. The minimum atomic E-state index is 0.0365. The second-order valence-electron chi connectivity index (χ2n) is 7.04. The molecule has 3 aromatic rings. The van der Waals surface area contributed by atoms with Crippen molar-refractivity contribution in [1.29, 1.82) is 0 Å². The summed E-state index contributed by atoms with van der Waals surface area (Å²) in [4.78, 5) is 15.1. The summed E-state index contributed by atoms with van der Waals surface area (Å²) in [6.45, 7) is 5.34. The fraction of sp³-hybridized carbons (Fsp3) is 0.304. The maximum Gasteiger partial charge on any atom is 0.272 e. The van der Waals surface area contributed by atoms with Crippen molar-refractivity contribution in [1.82, 2.24) is 14.7 Å². The Kier molecular flexibility index (Phi) is 6.07. The number of hydrogen-bond donors (Lipinski definition) is 0. The minimum absolute atomic E-state index is 0.0365. The molecule has 3 rings (SSSR count). The standard InChI is InChI=1S/C23H27N3O/c1-18-10-7-8-14-21(18)17-26(15-9-13-20-11-5-4-6-12-20)23(27)22-16-19(2)24-25(22)3/h4-8,10-12,14,16H,9,13,15,17H2,1-3H3. The van der Waals surface area contributed by atoms with Gasteiger partial charge in [-0.05, 0) is 49.4 Å². The fourth-order valence-corrected chi connectivity index (χ4v) is 3.34. The van der Waals surface area contributed by atoms with E-state index in [-0.39, 0.29) is 5.91 Å². The van der Waals surface area contributed by atoms with Gasteiger partial charge in [-0.1, -0.05) is 54.6 Å². The van der Waals surface area contributed by atoms with Crippen LogP contribution < -0.4 is 0 Å². The van der Waals surface area contributed by atoms with Crippen LogP contribution >= 0.6 is 0 Å². The first-order chi connectivity index (χ1) is 13.0. The lowest BCUT2D eigenvalue weighted by molar-refractivity contribution is 0.0730. The van der Waals surface area contributed by atoms with Gasteiger partial charge in [-0.3, -0.25) is 9.48 Å². The largest absolute Gasteiger partial charge is 0.333 e. The van der Waals surface area contributed by atoms with Gasteiger partial charge >= 0.3 is 0 Å². The van der Waals surface area contributed by atoms with Gasteiger partial charge in [0, 0.05) is 20.1 Å². The summed E-state index contributed by atoms with van der Waals surface area (Å²) in [5, 5.41) is 4.34. The number of carbonyl (C=O) groups excluding carboxylic acids is 1. The molecule has 0 aliphatic carbocycles. The Hall–Kier alpha value is -2.88. The quantitative estimate of drug-likeness (QED) is 0.629. The molecule has 0 radical (unpaired) electrons. The Labute approximate surface area is 161 Å². The van der Waals surface area contributed by atoms with Crippen molar-refractivity contribution >= 4 is 5.91 Å². The molecule has 4 heteroatoms. The maximum absolute atomic E-state index is 13.2. The van der Waals surface area contributed by atoms with Crippen LogP contribution in [0.5, 0.6) is 0 Å². The Morgan fingerprint density at radius 2 is 1.74 bits per heavy atom. The number of aromatic nitrogens is 2. The van der Waals surface area contributed by atoms with E-state index in [1.165, 1.54) is 16.7 Å². The number of benzene rings is 2. The van der Waals surface area contributed by atoms with E-state index in [0.29, 0.717) is 18.8 Å². The van der Waals surface area contributed by atoms with Gasteiger partial charge in [0.2, 0.25) is 0 Å². The van der Waals surface area contributed by atoms with Crippen molar-refractivity contribution in [2.45, 2.75) is 33.2 Å². The third-order valence-corrected chi connectivity index (χ3v) is 4.87. The molecule has 0 aliphatic rings. The molecule has 27 heavy (non-hydrogen) atoms. The second-order valence-corrected chi connectivity index (χ2v) is 7.04. The molecule has 0 fully saturated rings. The molecule has 0 atom stereocenters. The number of rotatable bonds is 7. The molecule has 1 aromatic heterocycles. The van der Waals surface area contributed by atoms with Crippen LogP contribution in [0.1, 0.15) is 39.3 Å². The highest BCUT2D eigenvalue weighted by Crippen LogP contribution is 2.15. The third-order valence-electron chi connectivity index (χ3n) is 4.87. The Morgan fingerprint density at radius 3 is 2.41 bits per heavy atom. The fourth-order valence-electron chi connectivity index (χ4n) is 3.34. The van der Waals surface area contributed by atoms with Gasteiger partial charge in [0.05, 0.1) is 5.69 Å². The summed E-state index contributed by atoms with van der Waals surface area (Å²) in [6.07, 6.45) is 1.89. The highest BCUT2D eigenvalue weighted by atomic mass is 16.2. The lowest BCUT2D eigenvalue weighted by atomic mass is 10.1. The van der Waals surface area contributed by atoms with E-state index in [9.17, 15) is 4.79 Å². The van der Waals surface area contributed by atoms with Gasteiger partial charge in [0.1, 0.15) is 5.69 Å². The molecule has 0 bridgehead atoms. The van der Waals surface area contributed by atoms with Gasteiger partial charge in [0.15, 0.2) is 0 Å². The van der Waals surface area contributed by atoms with Gasteiger partial charge in [-0.15, -0.1) is 0 Å². The van der Waals surface area contributed by atoms with Crippen LogP contribution in [0.25, 0.3) is 0 Å². The van der Waals surface area contributed by atoms with Crippen LogP contribution in [0.3, 0.4) is 0 Å². The van der Waals surface area contributed by atoms with Crippen LogP contribution in [-0.4, -0.2) is 27.1 Å². The zero-order valence-corrected chi connectivity index (χ0v) is 16.4. The molecule has 140 valence electrons. The predicted octanol–water partition coefficient (Wildman–Crippen LogP) is 4.31. The first-order valence-electron chi connectivity index (χ1n) is 9.43. The Bertz CT molecular complexity index is 899. The first kappa shape index (κ1) is 18.9. The number of aryl methyl sites for hydroxylation is 4. The molecule has 2 aromatic carbocycles. The van der Waals surface area contributed by atoms with E-state index in [1.54, 1.807) is 4.68 Å². The van der Waals surface area contributed by atoms with Crippen molar-refractivity contribution in [3.05, 3.63) is 88.7 Å². The topological polar surface area (TPSA) is 38.1 Å². The van der Waals surface area contributed by atoms with E-state index < -0.39 is 0 Å². The van der Waals surface area contributed by atoms with Crippen molar-refractivity contribution < 1.29 is 4.79 Å².